The molecule has 0 spiro atoms. The minimum atomic E-state index is -0.637. The Kier molecular flexibility index (Phi) is 6.12. The molecule has 2 heterocycles. The van der Waals surface area contributed by atoms with Gasteiger partial charge >= 0.3 is 5.97 Å². The highest BCUT2D eigenvalue weighted by Gasteiger charge is 2.20. The molecule has 0 aliphatic rings. The van der Waals surface area contributed by atoms with Crippen LogP contribution in [0.5, 0.6) is 5.88 Å². The van der Waals surface area contributed by atoms with Crippen molar-refractivity contribution in [2.45, 2.75) is 27.7 Å². The molecular formula is C23H24N2O4. The van der Waals surface area contributed by atoms with Gasteiger partial charge in [0.25, 0.3) is 0 Å². The largest absolute Gasteiger partial charge is 0.477 e. The number of carbonyl (C=O) groups is 2. The maximum atomic E-state index is 12.7. The molecule has 6 heteroatoms. The van der Waals surface area contributed by atoms with Crippen molar-refractivity contribution in [3.8, 4) is 11.6 Å². The van der Waals surface area contributed by atoms with E-state index in [9.17, 15) is 9.59 Å². The number of rotatable bonds is 7. The van der Waals surface area contributed by atoms with E-state index < -0.39 is 5.97 Å². The summed E-state index contributed by atoms with van der Waals surface area (Å²) in [5.41, 5.74) is 4.63. The molecule has 0 amide bonds. The van der Waals surface area contributed by atoms with Crippen LogP contribution in [-0.2, 0) is 4.74 Å². The van der Waals surface area contributed by atoms with Crippen molar-refractivity contribution in [3.05, 3.63) is 76.7 Å². The summed E-state index contributed by atoms with van der Waals surface area (Å²) in [6.07, 6.45) is 1.53. The van der Waals surface area contributed by atoms with E-state index in [2.05, 4.69) is 4.98 Å². The monoisotopic (exact) mass is 392 g/mol. The number of ketones is 1. The normalized spacial score (nSPS) is 10.6. The van der Waals surface area contributed by atoms with Gasteiger partial charge < -0.3 is 14.0 Å². The lowest BCUT2D eigenvalue weighted by molar-refractivity contribution is 0.0470. The lowest BCUT2D eigenvalue weighted by Gasteiger charge is -2.11. The van der Waals surface area contributed by atoms with Crippen LogP contribution in [0.25, 0.3) is 5.69 Å². The van der Waals surface area contributed by atoms with Gasteiger partial charge in [-0.3, -0.25) is 4.79 Å². The Morgan fingerprint density at radius 3 is 2.45 bits per heavy atom. The van der Waals surface area contributed by atoms with Crippen LogP contribution in [0.1, 0.15) is 44.6 Å². The minimum Gasteiger partial charge on any atom is -0.477 e. The lowest BCUT2D eigenvalue weighted by Crippen LogP contribution is -2.16. The minimum absolute atomic E-state index is 0.199. The van der Waals surface area contributed by atoms with E-state index in [0.717, 1.165) is 17.1 Å². The SMILES string of the molecule is CCOc1ncccc1C(=O)OCC(=O)c1cc(C)n(-c2ccc(C)cc2)c1C. The van der Waals surface area contributed by atoms with E-state index in [1.807, 2.05) is 55.7 Å². The number of pyridine rings is 1. The van der Waals surface area contributed by atoms with E-state index in [-0.39, 0.29) is 23.8 Å². The third kappa shape index (κ3) is 4.37. The third-order valence-corrected chi connectivity index (χ3v) is 4.63. The number of aryl methyl sites for hydroxylation is 2. The van der Waals surface area contributed by atoms with Crippen molar-refractivity contribution in [3.63, 3.8) is 0 Å². The van der Waals surface area contributed by atoms with Gasteiger partial charge in [0.05, 0.1) is 6.61 Å². The molecule has 6 nitrogen and oxygen atoms in total. The lowest BCUT2D eigenvalue weighted by atomic mass is 10.1. The smallest absolute Gasteiger partial charge is 0.344 e. The maximum absolute atomic E-state index is 12.7. The molecule has 3 rings (SSSR count). The third-order valence-electron chi connectivity index (χ3n) is 4.63. The molecule has 29 heavy (non-hydrogen) atoms. The number of aromatic nitrogens is 2. The van der Waals surface area contributed by atoms with Gasteiger partial charge in [0.1, 0.15) is 5.56 Å². The quantitative estimate of drug-likeness (QED) is 0.444. The molecule has 0 saturated carbocycles. The van der Waals surface area contributed by atoms with Crippen LogP contribution in [0.15, 0.2) is 48.7 Å². The van der Waals surface area contributed by atoms with Crippen molar-refractivity contribution in [2.24, 2.45) is 0 Å². The predicted molar refractivity (Wildman–Crippen MR) is 110 cm³/mol. The number of benzene rings is 1. The molecule has 0 aliphatic carbocycles. The van der Waals surface area contributed by atoms with Crippen molar-refractivity contribution in [1.29, 1.82) is 0 Å². The van der Waals surface area contributed by atoms with E-state index in [0.29, 0.717) is 12.2 Å². The van der Waals surface area contributed by atoms with E-state index in [1.165, 1.54) is 11.8 Å². The van der Waals surface area contributed by atoms with Gasteiger partial charge in [-0.05, 0) is 58.0 Å². The number of ether oxygens (including phenoxy) is 2. The Morgan fingerprint density at radius 1 is 1.03 bits per heavy atom. The van der Waals surface area contributed by atoms with E-state index >= 15 is 0 Å². The highest BCUT2D eigenvalue weighted by molar-refractivity contribution is 6.01. The molecule has 0 fully saturated rings. The Hall–Kier alpha value is -3.41. The average Bonchev–Trinajstić information content (AvgIpc) is 3.01. The summed E-state index contributed by atoms with van der Waals surface area (Å²) in [5, 5.41) is 0. The first kappa shape index (κ1) is 20.3. The van der Waals surface area contributed by atoms with Gasteiger partial charge in [-0.2, -0.15) is 0 Å². The van der Waals surface area contributed by atoms with Crippen molar-refractivity contribution < 1.29 is 19.1 Å². The highest BCUT2D eigenvalue weighted by Crippen LogP contribution is 2.22. The second kappa shape index (κ2) is 8.73. The Labute approximate surface area is 170 Å². The summed E-state index contributed by atoms with van der Waals surface area (Å²) in [4.78, 5) is 29.1. The molecule has 0 unspecified atom stereocenters. The van der Waals surface area contributed by atoms with Gasteiger partial charge in [0.15, 0.2) is 6.61 Å². The summed E-state index contributed by atoms with van der Waals surface area (Å²) < 4.78 is 12.6. The fraction of sp³-hybridized carbons (Fsp3) is 0.261. The molecule has 3 aromatic rings. The number of esters is 1. The second-order valence-electron chi connectivity index (χ2n) is 6.74. The summed E-state index contributed by atoms with van der Waals surface area (Å²) in [6.45, 7) is 7.69. The molecule has 0 aliphatic heterocycles. The van der Waals surface area contributed by atoms with Crippen molar-refractivity contribution in [1.82, 2.24) is 9.55 Å². The molecule has 0 radical (unpaired) electrons. The highest BCUT2D eigenvalue weighted by atomic mass is 16.5. The van der Waals surface area contributed by atoms with Gasteiger partial charge in [-0.15, -0.1) is 0 Å². The second-order valence-corrected chi connectivity index (χ2v) is 6.74. The van der Waals surface area contributed by atoms with Crippen LogP contribution in [0.2, 0.25) is 0 Å². The fourth-order valence-corrected chi connectivity index (χ4v) is 3.22. The van der Waals surface area contributed by atoms with E-state index in [1.54, 1.807) is 19.1 Å². The molecule has 150 valence electrons. The fourth-order valence-electron chi connectivity index (χ4n) is 3.22. The van der Waals surface area contributed by atoms with Crippen LogP contribution in [0.3, 0.4) is 0 Å². The summed E-state index contributed by atoms with van der Waals surface area (Å²) in [6, 6.07) is 13.1. The summed E-state index contributed by atoms with van der Waals surface area (Å²) in [5.74, 6) is -0.695. The van der Waals surface area contributed by atoms with Crippen LogP contribution in [0, 0.1) is 20.8 Å². The first-order valence-corrected chi connectivity index (χ1v) is 9.46. The number of hydrogen-bond acceptors (Lipinski definition) is 5. The van der Waals surface area contributed by atoms with Crippen LogP contribution in [0.4, 0.5) is 0 Å². The van der Waals surface area contributed by atoms with Crippen LogP contribution >= 0.6 is 0 Å². The topological polar surface area (TPSA) is 70.4 Å². The number of Topliss-reactive ketones (excluding diaryl/α,β-unsaturated/α-hetero) is 1. The Balaban J connectivity index is 1.76. The molecule has 2 aromatic heterocycles. The average molecular weight is 392 g/mol. The van der Waals surface area contributed by atoms with Gasteiger partial charge in [0.2, 0.25) is 11.7 Å². The number of hydrogen-bond donors (Lipinski definition) is 0. The zero-order valence-electron chi connectivity index (χ0n) is 17.1. The van der Waals surface area contributed by atoms with E-state index in [4.69, 9.17) is 9.47 Å². The van der Waals surface area contributed by atoms with Crippen LogP contribution < -0.4 is 4.74 Å². The van der Waals surface area contributed by atoms with Crippen molar-refractivity contribution >= 4 is 11.8 Å². The zero-order valence-corrected chi connectivity index (χ0v) is 17.1. The van der Waals surface area contributed by atoms with Crippen molar-refractivity contribution in [2.75, 3.05) is 13.2 Å². The van der Waals surface area contributed by atoms with Gasteiger partial charge in [0, 0.05) is 28.8 Å². The Morgan fingerprint density at radius 2 is 1.76 bits per heavy atom. The Bertz CT molecular complexity index is 1040. The van der Waals surface area contributed by atoms with Gasteiger partial charge in [-0.25, -0.2) is 9.78 Å². The standard InChI is InChI=1S/C23H24N2O4/c1-5-28-22-19(7-6-12-24-22)23(27)29-14-21(26)20-13-16(3)25(17(20)4)18-10-8-15(2)9-11-18/h6-13H,5,14H2,1-4H3. The molecule has 0 bridgehead atoms. The summed E-state index contributed by atoms with van der Waals surface area (Å²) >= 11 is 0. The molecule has 0 N–H and O–H groups in total. The number of nitrogens with zero attached hydrogens (tertiary/aromatic N) is 2. The number of carbonyl (C=O) groups excluding carboxylic acids is 2. The first-order valence-electron chi connectivity index (χ1n) is 9.46. The maximum Gasteiger partial charge on any atom is 0.344 e. The molecular weight excluding hydrogens is 368 g/mol. The van der Waals surface area contributed by atoms with Gasteiger partial charge in [-0.1, -0.05) is 17.7 Å². The zero-order chi connectivity index (χ0) is 21.0. The molecule has 0 atom stereocenters. The summed E-state index contributed by atoms with van der Waals surface area (Å²) in [7, 11) is 0. The molecule has 1 aromatic carbocycles. The first-order chi connectivity index (χ1) is 13.9. The van der Waals surface area contributed by atoms with Crippen LogP contribution in [-0.4, -0.2) is 34.5 Å². The predicted octanol–water partition coefficient (Wildman–Crippen LogP) is 4.24. The molecule has 0 saturated heterocycles.